The molecule has 0 saturated heterocycles. The van der Waals surface area contributed by atoms with Crippen molar-refractivity contribution in [3.8, 4) is 11.3 Å². The van der Waals surface area contributed by atoms with Gasteiger partial charge < -0.3 is 0 Å². The fourth-order valence-corrected chi connectivity index (χ4v) is 2.16. The second kappa shape index (κ2) is 6.87. The summed E-state index contributed by atoms with van der Waals surface area (Å²) in [6.07, 6.45) is 4.88. The van der Waals surface area contributed by atoms with E-state index in [4.69, 9.17) is 0 Å². The van der Waals surface area contributed by atoms with Crippen molar-refractivity contribution in [2.45, 2.75) is 13.8 Å². The predicted molar refractivity (Wildman–Crippen MR) is 92.8 cm³/mol. The second-order valence-corrected chi connectivity index (χ2v) is 5.45. The first-order chi connectivity index (χ1) is 11.6. The van der Waals surface area contributed by atoms with Gasteiger partial charge >= 0.3 is 0 Å². The second-order valence-electron chi connectivity index (χ2n) is 5.45. The van der Waals surface area contributed by atoms with Crippen molar-refractivity contribution in [2.75, 3.05) is 0 Å². The van der Waals surface area contributed by atoms with E-state index in [2.05, 4.69) is 38.7 Å². The van der Waals surface area contributed by atoms with Crippen LogP contribution in [-0.2, 0) is 0 Å². The lowest BCUT2D eigenvalue weighted by Gasteiger charge is -2.01. The van der Waals surface area contributed by atoms with Crippen molar-refractivity contribution >= 4 is 12.1 Å². The highest BCUT2D eigenvalue weighted by atomic mass is 16.2. The van der Waals surface area contributed by atoms with Crippen LogP contribution >= 0.6 is 0 Å². The van der Waals surface area contributed by atoms with E-state index in [-0.39, 0.29) is 5.91 Å². The number of nitrogens with one attached hydrogen (secondary N) is 2. The molecule has 0 saturated carbocycles. The van der Waals surface area contributed by atoms with Crippen molar-refractivity contribution < 1.29 is 4.79 Å². The Balaban J connectivity index is 1.69. The number of aryl methyl sites for hydroxylation is 2. The molecule has 0 atom stereocenters. The average Bonchev–Trinajstić information content (AvgIpc) is 3.08. The molecule has 1 amide bonds. The Bertz CT molecular complexity index is 883. The largest absolute Gasteiger partial charge is 0.289 e. The summed E-state index contributed by atoms with van der Waals surface area (Å²) >= 11 is 0. The van der Waals surface area contributed by atoms with E-state index >= 15 is 0 Å². The molecule has 0 aliphatic heterocycles. The number of aromatic nitrogens is 3. The topological polar surface area (TPSA) is 83.0 Å². The van der Waals surface area contributed by atoms with Crippen LogP contribution in [0.15, 0.2) is 53.9 Å². The molecule has 3 rings (SSSR count). The van der Waals surface area contributed by atoms with Gasteiger partial charge in [0.05, 0.1) is 11.9 Å². The maximum absolute atomic E-state index is 12.1. The standard InChI is InChI=1S/C18H17N5O/c1-12-3-4-15(9-13(12)2)16-10-17(22-21-16)18(24)23-20-11-14-5-7-19-8-6-14/h3-11H,1-2H3,(H,21,22)(H,23,24). The Morgan fingerprint density at radius 2 is 1.92 bits per heavy atom. The first-order valence-corrected chi connectivity index (χ1v) is 7.50. The zero-order valence-electron chi connectivity index (χ0n) is 13.4. The Labute approximate surface area is 139 Å². The number of carbonyl (C=O) groups excluding carboxylic acids is 1. The van der Waals surface area contributed by atoms with Crippen LogP contribution in [0.1, 0.15) is 27.2 Å². The van der Waals surface area contributed by atoms with Gasteiger partial charge in [-0.1, -0.05) is 12.1 Å². The van der Waals surface area contributed by atoms with Crippen molar-refractivity contribution in [1.82, 2.24) is 20.6 Å². The summed E-state index contributed by atoms with van der Waals surface area (Å²) in [6.45, 7) is 4.11. The van der Waals surface area contributed by atoms with Crippen LogP contribution in [-0.4, -0.2) is 27.3 Å². The molecule has 0 spiro atoms. The fraction of sp³-hybridized carbons (Fsp3) is 0.111. The molecule has 3 aromatic rings. The zero-order valence-corrected chi connectivity index (χ0v) is 13.4. The molecular weight excluding hydrogens is 302 g/mol. The van der Waals surface area contributed by atoms with E-state index in [0.29, 0.717) is 5.69 Å². The number of amides is 1. The van der Waals surface area contributed by atoms with E-state index in [0.717, 1.165) is 16.8 Å². The molecule has 2 aromatic heterocycles. The third-order valence-corrected chi connectivity index (χ3v) is 3.71. The Kier molecular flexibility index (Phi) is 4.47. The number of pyridine rings is 1. The SMILES string of the molecule is Cc1ccc(-c2cc(C(=O)NN=Cc3ccncc3)[nH]n2)cc1C. The Morgan fingerprint density at radius 1 is 1.12 bits per heavy atom. The van der Waals surface area contributed by atoms with Gasteiger partial charge in [0.1, 0.15) is 5.69 Å². The predicted octanol–water partition coefficient (Wildman–Crippen LogP) is 2.85. The van der Waals surface area contributed by atoms with E-state index in [1.165, 1.54) is 11.1 Å². The molecule has 2 N–H and O–H groups in total. The monoisotopic (exact) mass is 319 g/mol. The normalized spacial score (nSPS) is 10.9. The molecule has 6 nitrogen and oxygen atoms in total. The van der Waals surface area contributed by atoms with Gasteiger partial charge in [0, 0.05) is 18.0 Å². The lowest BCUT2D eigenvalue weighted by molar-refractivity contribution is 0.0950. The van der Waals surface area contributed by atoms with Crippen LogP contribution in [0.2, 0.25) is 0 Å². The number of nitrogens with zero attached hydrogens (tertiary/aromatic N) is 3. The first-order valence-electron chi connectivity index (χ1n) is 7.50. The molecule has 120 valence electrons. The van der Waals surface area contributed by atoms with E-state index < -0.39 is 0 Å². The van der Waals surface area contributed by atoms with Crippen molar-refractivity contribution in [3.05, 3.63) is 71.2 Å². The number of H-pyrrole nitrogens is 1. The number of hydrogen-bond donors (Lipinski definition) is 2. The summed E-state index contributed by atoms with van der Waals surface area (Å²) in [5.41, 5.74) is 7.77. The summed E-state index contributed by atoms with van der Waals surface area (Å²) in [7, 11) is 0. The number of carbonyl (C=O) groups is 1. The third kappa shape index (κ3) is 3.55. The number of rotatable bonds is 4. The summed E-state index contributed by atoms with van der Waals surface area (Å²) < 4.78 is 0. The number of hydrogen-bond acceptors (Lipinski definition) is 4. The maximum Gasteiger partial charge on any atom is 0.289 e. The van der Waals surface area contributed by atoms with E-state index in [1.807, 2.05) is 19.1 Å². The fourth-order valence-electron chi connectivity index (χ4n) is 2.16. The third-order valence-electron chi connectivity index (χ3n) is 3.71. The van der Waals surface area contributed by atoms with Gasteiger partial charge in [0.2, 0.25) is 0 Å². The zero-order chi connectivity index (χ0) is 16.9. The highest BCUT2D eigenvalue weighted by molar-refractivity contribution is 5.94. The van der Waals surface area contributed by atoms with Crippen molar-refractivity contribution in [3.63, 3.8) is 0 Å². The van der Waals surface area contributed by atoms with Gasteiger partial charge in [-0.25, -0.2) is 5.43 Å². The van der Waals surface area contributed by atoms with Gasteiger partial charge in [-0.15, -0.1) is 0 Å². The molecule has 0 aliphatic rings. The molecule has 0 radical (unpaired) electrons. The lowest BCUT2D eigenvalue weighted by Crippen LogP contribution is -2.17. The lowest BCUT2D eigenvalue weighted by atomic mass is 10.0. The quantitative estimate of drug-likeness (QED) is 0.573. The highest BCUT2D eigenvalue weighted by Gasteiger charge is 2.10. The summed E-state index contributed by atoms with van der Waals surface area (Å²) in [4.78, 5) is 16.0. The molecule has 0 bridgehead atoms. The molecule has 0 unspecified atom stereocenters. The van der Waals surface area contributed by atoms with Crippen LogP contribution in [0, 0.1) is 13.8 Å². The molecule has 24 heavy (non-hydrogen) atoms. The van der Waals surface area contributed by atoms with Crippen LogP contribution in [0.4, 0.5) is 0 Å². The van der Waals surface area contributed by atoms with Crippen molar-refractivity contribution in [2.24, 2.45) is 5.10 Å². The summed E-state index contributed by atoms with van der Waals surface area (Å²) in [6, 6.07) is 11.4. The maximum atomic E-state index is 12.1. The van der Waals surface area contributed by atoms with Crippen LogP contribution in [0.25, 0.3) is 11.3 Å². The van der Waals surface area contributed by atoms with Crippen LogP contribution in [0.5, 0.6) is 0 Å². The molecular formula is C18H17N5O. The van der Waals surface area contributed by atoms with Gasteiger partial charge in [-0.2, -0.15) is 10.2 Å². The highest BCUT2D eigenvalue weighted by Crippen LogP contribution is 2.20. The minimum absolute atomic E-state index is 0.345. The van der Waals surface area contributed by atoms with Gasteiger partial charge in [0.25, 0.3) is 5.91 Å². The van der Waals surface area contributed by atoms with Gasteiger partial charge in [-0.3, -0.25) is 14.9 Å². The average molecular weight is 319 g/mol. The smallest absolute Gasteiger partial charge is 0.272 e. The Morgan fingerprint density at radius 3 is 2.67 bits per heavy atom. The summed E-state index contributed by atoms with van der Waals surface area (Å²) in [5.74, 6) is -0.345. The van der Waals surface area contributed by atoms with Gasteiger partial charge in [0.15, 0.2) is 0 Å². The van der Waals surface area contributed by atoms with E-state index in [1.54, 1.807) is 36.8 Å². The number of hydrazone groups is 1. The molecule has 0 aliphatic carbocycles. The van der Waals surface area contributed by atoms with Crippen molar-refractivity contribution in [1.29, 1.82) is 0 Å². The molecule has 0 fully saturated rings. The molecule has 6 heteroatoms. The Hall–Kier alpha value is -3.28. The number of aromatic amines is 1. The van der Waals surface area contributed by atoms with Crippen LogP contribution in [0.3, 0.4) is 0 Å². The minimum atomic E-state index is -0.345. The minimum Gasteiger partial charge on any atom is -0.272 e. The molecule has 1 aromatic carbocycles. The van der Waals surface area contributed by atoms with E-state index in [9.17, 15) is 4.79 Å². The van der Waals surface area contributed by atoms with Gasteiger partial charge in [-0.05, 0) is 54.8 Å². The first kappa shape index (κ1) is 15.6. The molecule has 2 heterocycles. The number of benzene rings is 1. The summed E-state index contributed by atoms with van der Waals surface area (Å²) in [5, 5.41) is 10.9. The van der Waals surface area contributed by atoms with Crippen LogP contribution < -0.4 is 5.43 Å².